The Balaban J connectivity index is 1.36. The number of nitrogens with two attached hydrogens (primary N) is 1. The summed E-state index contributed by atoms with van der Waals surface area (Å²) in [6, 6.07) is 23.2. The number of hydrogen-bond acceptors (Lipinski definition) is 5. The van der Waals surface area contributed by atoms with Gasteiger partial charge in [-0.1, -0.05) is 48.5 Å². The van der Waals surface area contributed by atoms with Crippen molar-refractivity contribution >= 4 is 11.9 Å². The summed E-state index contributed by atoms with van der Waals surface area (Å²) in [5.74, 6) is -0.117. The molecule has 210 valence electrons. The number of rotatable bonds is 7. The molecule has 0 bridgehead atoms. The van der Waals surface area contributed by atoms with Crippen LogP contribution >= 0.6 is 0 Å². The van der Waals surface area contributed by atoms with Crippen LogP contribution in [0.3, 0.4) is 0 Å². The smallest absolute Gasteiger partial charge is 0.416 e. The van der Waals surface area contributed by atoms with Crippen molar-refractivity contribution in [3.05, 3.63) is 119 Å². The lowest BCUT2D eigenvalue weighted by molar-refractivity contribution is -0.137. The zero-order valence-corrected chi connectivity index (χ0v) is 22.2. The fourth-order valence-electron chi connectivity index (χ4n) is 5.14. The van der Waals surface area contributed by atoms with E-state index in [-0.39, 0.29) is 5.56 Å². The van der Waals surface area contributed by atoms with Gasteiger partial charge in [0.15, 0.2) is 0 Å². The fourth-order valence-corrected chi connectivity index (χ4v) is 5.14. The molecule has 1 atom stereocenters. The molecule has 2 N–H and O–H groups in total. The molecule has 0 aromatic heterocycles. The van der Waals surface area contributed by atoms with Gasteiger partial charge in [0.1, 0.15) is 17.5 Å². The number of carbonyl (C=O) groups excluding carboxylic acids is 2. The van der Waals surface area contributed by atoms with Gasteiger partial charge in [-0.25, -0.2) is 4.79 Å². The van der Waals surface area contributed by atoms with E-state index in [1.165, 1.54) is 12.1 Å². The van der Waals surface area contributed by atoms with Crippen molar-refractivity contribution in [3.63, 3.8) is 0 Å². The second-order valence-corrected chi connectivity index (χ2v) is 9.75. The molecule has 6 nitrogen and oxygen atoms in total. The van der Waals surface area contributed by atoms with Crippen molar-refractivity contribution in [2.45, 2.75) is 25.2 Å². The van der Waals surface area contributed by atoms with Crippen molar-refractivity contribution in [2.75, 3.05) is 13.7 Å². The number of carbonyl (C=O) groups is 2. The Bertz CT molecular complexity index is 1580. The molecule has 1 aliphatic rings. The SMILES string of the molecule is COc1cccc(CN2CCc3cc(OC(=O)c4ccccc4-c4ccc(C(F)(F)F)cc4)ccc3C2C(N)=O)c1. The van der Waals surface area contributed by atoms with Gasteiger partial charge in [0.25, 0.3) is 0 Å². The molecule has 0 saturated carbocycles. The molecule has 4 aromatic rings. The van der Waals surface area contributed by atoms with Gasteiger partial charge in [0, 0.05) is 13.1 Å². The van der Waals surface area contributed by atoms with E-state index in [1.54, 1.807) is 49.6 Å². The number of nitrogens with zero attached hydrogens (tertiary/aromatic N) is 1. The van der Waals surface area contributed by atoms with Gasteiger partial charge in [-0.15, -0.1) is 0 Å². The molecule has 1 aliphatic heterocycles. The molecule has 0 radical (unpaired) electrons. The molecule has 4 aromatic carbocycles. The number of primary amides is 1. The van der Waals surface area contributed by atoms with Gasteiger partial charge < -0.3 is 15.2 Å². The quantitative estimate of drug-likeness (QED) is 0.216. The molecule has 0 saturated heterocycles. The Hall–Kier alpha value is -4.63. The molecule has 1 unspecified atom stereocenters. The lowest BCUT2D eigenvalue weighted by Gasteiger charge is -2.35. The predicted molar refractivity (Wildman–Crippen MR) is 147 cm³/mol. The Morgan fingerprint density at radius 3 is 2.39 bits per heavy atom. The zero-order valence-electron chi connectivity index (χ0n) is 22.2. The van der Waals surface area contributed by atoms with Crippen LogP contribution in [0.15, 0.2) is 91.0 Å². The number of halogens is 3. The Morgan fingerprint density at radius 2 is 1.68 bits per heavy atom. The summed E-state index contributed by atoms with van der Waals surface area (Å²) in [4.78, 5) is 27.7. The minimum absolute atomic E-state index is 0.212. The van der Waals surface area contributed by atoms with E-state index in [0.717, 1.165) is 34.6 Å². The number of amides is 1. The van der Waals surface area contributed by atoms with E-state index in [1.807, 2.05) is 29.2 Å². The molecule has 1 heterocycles. The maximum atomic E-state index is 13.2. The largest absolute Gasteiger partial charge is 0.497 e. The van der Waals surface area contributed by atoms with Crippen LogP contribution in [0.1, 0.15) is 38.7 Å². The number of esters is 1. The minimum atomic E-state index is -4.46. The third-order valence-corrected chi connectivity index (χ3v) is 7.11. The first kappa shape index (κ1) is 27.9. The highest BCUT2D eigenvalue weighted by atomic mass is 19.4. The van der Waals surface area contributed by atoms with Gasteiger partial charge in [0.2, 0.25) is 5.91 Å². The van der Waals surface area contributed by atoms with Crippen LogP contribution in [0, 0.1) is 0 Å². The van der Waals surface area contributed by atoms with E-state index in [9.17, 15) is 22.8 Å². The summed E-state index contributed by atoms with van der Waals surface area (Å²) in [5.41, 5.74) is 8.75. The molecule has 1 amide bonds. The lowest BCUT2D eigenvalue weighted by atomic mass is 9.91. The monoisotopic (exact) mass is 560 g/mol. The van der Waals surface area contributed by atoms with Crippen LogP contribution in [-0.2, 0) is 23.9 Å². The third-order valence-electron chi connectivity index (χ3n) is 7.11. The number of ether oxygens (including phenoxy) is 2. The number of fused-ring (bicyclic) bond motifs is 1. The van der Waals surface area contributed by atoms with Gasteiger partial charge >= 0.3 is 12.1 Å². The van der Waals surface area contributed by atoms with Crippen molar-refractivity contribution < 1.29 is 32.2 Å². The number of benzene rings is 4. The second-order valence-electron chi connectivity index (χ2n) is 9.75. The van der Waals surface area contributed by atoms with E-state index < -0.39 is 29.7 Å². The van der Waals surface area contributed by atoms with Crippen LogP contribution < -0.4 is 15.2 Å². The summed E-state index contributed by atoms with van der Waals surface area (Å²) < 4.78 is 50.0. The predicted octanol–water partition coefficient (Wildman–Crippen LogP) is 6.18. The van der Waals surface area contributed by atoms with Crippen LogP contribution in [-0.4, -0.2) is 30.4 Å². The molecule has 9 heteroatoms. The van der Waals surface area contributed by atoms with E-state index in [2.05, 4.69) is 0 Å². The Labute approximate surface area is 235 Å². The lowest BCUT2D eigenvalue weighted by Crippen LogP contribution is -2.42. The molecular weight excluding hydrogens is 533 g/mol. The third kappa shape index (κ3) is 6.10. The average molecular weight is 561 g/mol. The highest BCUT2D eigenvalue weighted by Gasteiger charge is 2.32. The van der Waals surface area contributed by atoms with E-state index in [0.29, 0.717) is 36.4 Å². The summed E-state index contributed by atoms with van der Waals surface area (Å²) in [6.45, 7) is 1.06. The van der Waals surface area contributed by atoms with Gasteiger partial charge in [-0.2, -0.15) is 13.2 Å². The summed E-state index contributed by atoms with van der Waals surface area (Å²) in [6.07, 6.45) is -3.85. The highest BCUT2D eigenvalue weighted by molar-refractivity contribution is 5.98. The first-order chi connectivity index (χ1) is 19.6. The van der Waals surface area contributed by atoms with Crippen molar-refractivity contribution in [3.8, 4) is 22.6 Å². The summed E-state index contributed by atoms with van der Waals surface area (Å²) in [7, 11) is 1.60. The number of methoxy groups -OCH3 is 1. The van der Waals surface area contributed by atoms with Gasteiger partial charge in [-0.3, -0.25) is 9.69 Å². The van der Waals surface area contributed by atoms with Gasteiger partial charge in [0.05, 0.1) is 18.2 Å². The normalized spacial score (nSPS) is 15.2. The number of hydrogen-bond donors (Lipinski definition) is 1. The van der Waals surface area contributed by atoms with Crippen molar-refractivity contribution in [1.82, 2.24) is 4.90 Å². The molecule has 0 fully saturated rings. The van der Waals surface area contributed by atoms with Crippen LogP contribution in [0.25, 0.3) is 11.1 Å². The van der Waals surface area contributed by atoms with Crippen molar-refractivity contribution in [1.29, 1.82) is 0 Å². The molecule has 41 heavy (non-hydrogen) atoms. The maximum Gasteiger partial charge on any atom is 0.416 e. The average Bonchev–Trinajstić information content (AvgIpc) is 2.96. The molecule has 0 spiro atoms. The first-order valence-electron chi connectivity index (χ1n) is 12.9. The van der Waals surface area contributed by atoms with E-state index >= 15 is 0 Å². The fraction of sp³-hybridized carbons (Fsp3) is 0.188. The molecular formula is C32H27F3N2O4. The first-order valence-corrected chi connectivity index (χ1v) is 12.9. The standard InChI is InChI=1S/C32H27F3N2O4/c1-40-24-6-4-5-20(17-24)19-37-16-15-22-18-25(13-14-27(22)29(37)30(36)38)41-31(39)28-8-3-2-7-26(28)21-9-11-23(12-10-21)32(33,34)35/h2-14,17-18,29H,15-16,19H2,1H3,(H2,36,38). The summed E-state index contributed by atoms with van der Waals surface area (Å²) in [5, 5.41) is 0. The Kier molecular flexibility index (Phi) is 7.81. The number of alkyl halides is 3. The van der Waals surface area contributed by atoms with Crippen LogP contribution in [0.4, 0.5) is 13.2 Å². The zero-order chi connectivity index (χ0) is 29.1. The van der Waals surface area contributed by atoms with Crippen LogP contribution in [0.2, 0.25) is 0 Å². The van der Waals surface area contributed by atoms with E-state index in [4.69, 9.17) is 15.2 Å². The molecule has 5 rings (SSSR count). The second kappa shape index (κ2) is 11.5. The van der Waals surface area contributed by atoms with Gasteiger partial charge in [-0.05, 0) is 76.7 Å². The minimum Gasteiger partial charge on any atom is -0.497 e. The Morgan fingerprint density at radius 1 is 0.927 bits per heavy atom. The molecule has 0 aliphatic carbocycles. The van der Waals surface area contributed by atoms with Crippen LogP contribution in [0.5, 0.6) is 11.5 Å². The highest BCUT2D eigenvalue weighted by Crippen LogP contribution is 2.35. The van der Waals surface area contributed by atoms with Crippen molar-refractivity contribution in [2.24, 2.45) is 5.73 Å². The maximum absolute atomic E-state index is 13.2. The summed E-state index contributed by atoms with van der Waals surface area (Å²) >= 11 is 0. The topological polar surface area (TPSA) is 81.9 Å².